The van der Waals surface area contributed by atoms with Crippen LogP contribution in [0.3, 0.4) is 0 Å². The van der Waals surface area contributed by atoms with Crippen LogP contribution in [0.25, 0.3) is 0 Å². The average Bonchev–Trinajstić information content (AvgIpc) is 2.37. The van der Waals surface area contributed by atoms with Crippen LogP contribution >= 0.6 is 31.9 Å². The van der Waals surface area contributed by atoms with E-state index in [0.29, 0.717) is 31.5 Å². The summed E-state index contributed by atoms with van der Waals surface area (Å²) in [6, 6.07) is 5.38. The number of sulfonamides is 1. The Hall–Kier alpha value is -0.440. The first-order chi connectivity index (χ1) is 9.75. The van der Waals surface area contributed by atoms with Crippen molar-refractivity contribution in [2.45, 2.75) is 18.9 Å². The Morgan fingerprint density at radius 2 is 1.71 bits per heavy atom. The molecule has 8 heteroatoms. The van der Waals surface area contributed by atoms with Crippen molar-refractivity contribution in [3.05, 3.63) is 32.7 Å². The molecule has 5 nitrogen and oxygen atoms in total. The lowest BCUT2D eigenvalue weighted by molar-refractivity contribution is 0.0924. The second-order valence-electron chi connectivity index (χ2n) is 5.07. The van der Waals surface area contributed by atoms with Gasteiger partial charge in [-0.15, -0.1) is 0 Å². The summed E-state index contributed by atoms with van der Waals surface area (Å²) in [6.45, 7) is 0.901. The molecule has 1 aliphatic rings. The first-order valence-electron chi connectivity index (χ1n) is 6.48. The van der Waals surface area contributed by atoms with E-state index < -0.39 is 10.0 Å². The summed E-state index contributed by atoms with van der Waals surface area (Å²) in [5.74, 6) is -0.144. The lowest BCUT2D eigenvalue weighted by Crippen LogP contribution is -2.46. The summed E-state index contributed by atoms with van der Waals surface area (Å²) in [7, 11) is -3.13. The SMILES string of the molecule is CS(=O)(=O)N1CCC(NC(=O)c2cc(Br)cc(Br)c2)CC1. The zero-order chi connectivity index (χ0) is 15.6. The Bertz CT molecular complexity index is 621. The molecule has 0 spiro atoms. The maximum absolute atomic E-state index is 12.2. The van der Waals surface area contributed by atoms with E-state index in [1.807, 2.05) is 6.07 Å². The number of nitrogens with one attached hydrogen (secondary N) is 1. The Balaban J connectivity index is 1.96. The smallest absolute Gasteiger partial charge is 0.251 e. The van der Waals surface area contributed by atoms with Crippen LogP contribution in [-0.2, 0) is 10.0 Å². The van der Waals surface area contributed by atoms with Gasteiger partial charge in [-0.3, -0.25) is 4.79 Å². The molecule has 0 saturated carbocycles. The highest BCUT2D eigenvalue weighted by Crippen LogP contribution is 2.21. The minimum atomic E-state index is -3.13. The van der Waals surface area contributed by atoms with Gasteiger partial charge in [0.05, 0.1) is 6.26 Å². The molecule has 1 saturated heterocycles. The average molecular weight is 440 g/mol. The van der Waals surface area contributed by atoms with Crippen molar-refractivity contribution in [2.24, 2.45) is 0 Å². The van der Waals surface area contributed by atoms with Crippen LogP contribution in [0.1, 0.15) is 23.2 Å². The summed E-state index contributed by atoms with van der Waals surface area (Å²) in [5.41, 5.74) is 0.571. The third kappa shape index (κ3) is 4.77. The topological polar surface area (TPSA) is 66.5 Å². The molecule has 0 unspecified atom stereocenters. The number of nitrogens with zero attached hydrogens (tertiary/aromatic N) is 1. The van der Waals surface area contributed by atoms with Crippen molar-refractivity contribution < 1.29 is 13.2 Å². The van der Waals surface area contributed by atoms with E-state index >= 15 is 0 Å². The summed E-state index contributed by atoms with van der Waals surface area (Å²) < 4.78 is 26.0. The van der Waals surface area contributed by atoms with Crippen LogP contribution in [-0.4, -0.2) is 44.0 Å². The number of amides is 1. The van der Waals surface area contributed by atoms with Gasteiger partial charge in [-0.25, -0.2) is 12.7 Å². The highest BCUT2D eigenvalue weighted by atomic mass is 79.9. The fourth-order valence-electron chi connectivity index (χ4n) is 2.29. The van der Waals surface area contributed by atoms with Crippen LogP contribution in [0.15, 0.2) is 27.1 Å². The summed E-state index contributed by atoms with van der Waals surface area (Å²) in [6.07, 6.45) is 2.48. The van der Waals surface area contributed by atoms with Crippen molar-refractivity contribution in [1.82, 2.24) is 9.62 Å². The van der Waals surface area contributed by atoms with Crippen LogP contribution in [0, 0.1) is 0 Å². The Morgan fingerprint density at radius 1 is 1.19 bits per heavy atom. The number of carbonyl (C=O) groups excluding carboxylic acids is 1. The lowest BCUT2D eigenvalue weighted by Gasteiger charge is -2.30. The monoisotopic (exact) mass is 438 g/mol. The zero-order valence-corrected chi connectivity index (χ0v) is 15.5. The van der Waals surface area contributed by atoms with Gasteiger partial charge in [0.15, 0.2) is 0 Å². The first-order valence-corrected chi connectivity index (χ1v) is 9.91. The summed E-state index contributed by atoms with van der Waals surface area (Å²) in [4.78, 5) is 12.2. The minimum Gasteiger partial charge on any atom is -0.349 e. The second kappa shape index (κ2) is 6.76. The number of halogens is 2. The van der Waals surface area contributed by atoms with Gasteiger partial charge in [-0.2, -0.15) is 0 Å². The van der Waals surface area contributed by atoms with Gasteiger partial charge in [-0.1, -0.05) is 31.9 Å². The minimum absolute atomic E-state index is 0.00765. The highest BCUT2D eigenvalue weighted by Gasteiger charge is 2.26. The fraction of sp³-hybridized carbons (Fsp3) is 0.462. The zero-order valence-electron chi connectivity index (χ0n) is 11.5. The molecule has 0 aliphatic carbocycles. The molecule has 1 aromatic rings. The number of benzene rings is 1. The van der Waals surface area contributed by atoms with E-state index in [0.717, 1.165) is 8.95 Å². The molecule has 1 aliphatic heterocycles. The van der Waals surface area contributed by atoms with Gasteiger partial charge in [0.2, 0.25) is 10.0 Å². The second-order valence-corrected chi connectivity index (χ2v) is 8.88. The van der Waals surface area contributed by atoms with E-state index in [4.69, 9.17) is 0 Å². The standard InChI is InChI=1S/C13H16Br2N2O3S/c1-21(19,20)17-4-2-12(3-5-17)16-13(18)9-6-10(14)8-11(15)7-9/h6-8,12H,2-5H2,1H3,(H,16,18). The van der Waals surface area contributed by atoms with E-state index in [1.54, 1.807) is 12.1 Å². The normalized spacial score (nSPS) is 17.7. The third-order valence-corrected chi connectivity index (χ3v) is 5.60. The van der Waals surface area contributed by atoms with Crippen molar-refractivity contribution in [3.8, 4) is 0 Å². The largest absolute Gasteiger partial charge is 0.349 e. The molecule has 1 amide bonds. The van der Waals surface area contributed by atoms with E-state index in [-0.39, 0.29) is 11.9 Å². The molecule has 21 heavy (non-hydrogen) atoms. The molecular weight excluding hydrogens is 424 g/mol. The molecule has 1 N–H and O–H groups in total. The molecule has 0 bridgehead atoms. The number of piperidine rings is 1. The van der Waals surface area contributed by atoms with Crippen LogP contribution in [0.4, 0.5) is 0 Å². The molecule has 1 fully saturated rings. The van der Waals surface area contributed by atoms with Crippen molar-refractivity contribution in [2.75, 3.05) is 19.3 Å². The molecule has 0 radical (unpaired) electrons. The van der Waals surface area contributed by atoms with Crippen molar-refractivity contribution >= 4 is 47.8 Å². The molecular formula is C13H16Br2N2O3S. The lowest BCUT2D eigenvalue weighted by atomic mass is 10.1. The van der Waals surface area contributed by atoms with E-state index in [9.17, 15) is 13.2 Å². The van der Waals surface area contributed by atoms with Crippen molar-refractivity contribution in [3.63, 3.8) is 0 Å². The predicted molar refractivity (Wildman–Crippen MR) is 88.7 cm³/mol. The fourth-order valence-corrected chi connectivity index (χ4v) is 4.45. The van der Waals surface area contributed by atoms with Gasteiger partial charge in [0.25, 0.3) is 5.91 Å². The van der Waals surface area contributed by atoms with Crippen LogP contribution in [0.5, 0.6) is 0 Å². The summed E-state index contributed by atoms with van der Waals surface area (Å²) in [5, 5.41) is 2.96. The van der Waals surface area contributed by atoms with Gasteiger partial charge >= 0.3 is 0 Å². The van der Waals surface area contributed by atoms with E-state index in [1.165, 1.54) is 10.6 Å². The van der Waals surface area contributed by atoms with Crippen LogP contribution < -0.4 is 5.32 Å². The van der Waals surface area contributed by atoms with Gasteiger partial charge < -0.3 is 5.32 Å². The maximum Gasteiger partial charge on any atom is 0.251 e. The molecule has 1 aromatic carbocycles. The van der Waals surface area contributed by atoms with Gasteiger partial charge in [-0.05, 0) is 31.0 Å². The van der Waals surface area contributed by atoms with E-state index in [2.05, 4.69) is 37.2 Å². The third-order valence-electron chi connectivity index (χ3n) is 3.38. The molecule has 0 atom stereocenters. The Kier molecular flexibility index (Phi) is 5.45. The predicted octanol–water partition coefficient (Wildman–Crippen LogP) is 2.37. The Labute approximate surface area is 141 Å². The number of rotatable bonds is 3. The number of hydrogen-bond acceptors (Lipinski definition) is 3. The molecule has 116 valence electrons. The Morgan fingerprint density at radius 3 is 2.19 bits per heavy atom. The quantitative estimate of drug-likeness (QED) is 0.786. The molecule has 1 heterocycles. The van der Waals surface area contributed by atoms with Gasteiger partial charge in [0, 0.05) is 33.6 Å². The number of hydrogen-bond donors (Lipinski definition) is 1. The highest BCUT2D eigenvalue weighted by molar-refractivity contribution is 9.11. The molecule has 2 rings (SSSR count). The number of carbonyl (C=O) groups is 1. The van der Waals surface area contributed by atoms with Crippen LogP contribution in [0.2, 0.25) is 0 Å². The maximum atomic E-state index is 12.2. The first kappa shape index (κ1) is 16.9. The van der Waals surface area contributed by atoms with Gasteiger partial charge in [0.1, 0.15) is 0 Å². The molecule has 0 aromatic heterocycles. The van der Waals surface area contributed by atoms with Crippen molar-refractivity contribution in [1.29, 1.82) is 0 Å². The summed E-state index contributed by atoms with van der Waals surface area (Å²) >= 11 is 6.71.